The van der Waals surface area contributed by atoms with Gasteiger partial charge in [-0.1, -0.05) is 28.3 Å². The molecule has 2 atom stereocenters. The van der Waals surface area contributed by atoms with Gasteiger partial charge in [0.25, 0.3) is 11.8 Å². The third-order valence-corrected chi connectivity index (χ3v) is 8.64. The summed E-state index contributed by atoms with van der Waals surface area (Å²) in [5.74, 6) is -2.00. The van der Waals surface area contributed by atoms with Gasteiger partial charge in [-0.25, -0.2) is 4.98 Å². The van der Waals surface area contributed by atoms with E-state index in [1.54, 1.807) is 0 Å². The van der Waals surface area contributed by atoms with Crippen LogP contribution in [0, 0.1) is 6.92 Å². The van der Waals surface area contributed by atoms with Crippen molar-refractivity contribution in [3.63, 3.8) is 0 Å². The van der Waals surface area contributed by atoms with Gasteiger partial charge in [0.15, 0.2) is 15.2 Å². The average Bonchev–Trinajstić information content (AvgIpc) is 3.40. The quantitative estimate of drug-likeness (QED) is 0.110. The van der Waals surface area contributed by atoms with Crippen LogP contribution in [0.3, 0.4) is 0 Å². The predicted octanol–water partition coefficient (Wildman–Crippen LogP) is -3.56. The zero-order valence-electron chi connectivity index (χ0n) is 18.1. The molecule has 2 amide bonds. The number of rotatable bonds is 8. The maximum Gasteiger partial charge on any atom is 1.00 e. The molecule has 174 valence electrons. The molecule has 4 heterocycles. The Morgan fingerprint density at radius 1 is 1.44 bits per heavy atom. The Morgan fingerprint density at radius 3 is 2.79 bits per heavy atom. The van der Waals surface area contributed by atoms with Crippen molar-refractivity contribution in [3.8, 4) is 0 Å². The molecule has 0 aromatic carbocycles. The zero-order valence-corrected chi connectivity index (χ0v) is 23.4. The molecule has 3 N–H and O–H groups in total. The molecule has 0 saturated carbocycles. The van der Waals surface area contributed by atoms with Crippen LogP contribution in [0.4, 0.5) is 5.13 Å². The summed E-state index contributed by atoms with van der Waals surface area (Å²) in [5, 5.41) is 28.1. The Morgan fingerprint density at radius 2 is 2.21 bits per heavy atom. The normalized spacial score (nSPS) is 19.8. The summed E-state index contributed by atoms with van der Waals surface area (Å²) >= 11 is 5.23. The minimum absolute atomic E-state index is 0. The van der Waals surface area contributed by atoms with Crippen molar-refractivity contribution in [2.24, 2.45) is 5.16 Å². The monoisotopic (exact) mass is 549 g/mol. The van der Waals surface area contributed by atoms with Crippen LogP contribution in [-0.2, 0) is 19.2 Å². The van der Waals surface area contributed by atoms with E-state index in [-0.39, 0.29) is 51.8 Å². The van der Waals surface area contributed by atoms with Gasteiger partial charge < -0.3 is 25.8 Å². The molecule has 1 fully saturated rings. The number of carboxylic acid groups (broad SMARTS) is 1. The number of nitrogens with zero attached hydrogens (tertiary/aromatic N) is 5. The minimum Gasteiger partial charge on any atom is -0.543 e. The molecule has 2 aliphatic heterocycles. The van der Waals surface area contributed by atoms with Crippen LogP contribution in [0.25, 0.3) is 0 Å². The number of thiazole rings is 1. The second-order valence-corrected chi connectivity index (χ2v) is 11.1. The van der Waals surface area contributed by atoms with Gasteiger partial charge in [0.05, 0.1) is 11.7 Å². The van der Waals surface area contributed by atoms with Gasteiger partial charge in [0, 0.05) is 16.9 Å². The molecule has 17 heteroatoms. The molecule has 0 bridgehead atoms. The number of amides is 2. The van der Waals surface area contributed by atoms with Gasteiger partial charge in [0.2, 0.25) is 0 Å². The molecule has 2 aliphatic rings. The number of nitrogens with one attached hydrogen (secondary N) is 1. The van der Waals surface area contributed by atoms with Crippen LogP contribution < -0.4 is 45.7 Å². The van der Waals surface area contributed by atoms with Gasteiger partial charge in [-0.2, -0.15) is 0 Å². The summed E-state index contributed by atoms with van der Waals surface area (Å²) < 4.78 is 0.706. The van der Waals surface area contributed by atoms with Crippen molar-refractivity contribution < 1.29 is 53.9 Å². The number of nitrogen functional groups attached to an aromatic ring is 1. The van der Waals surface area contributed by atoms with E-state index in [2.05, 4.69) is 25.7 Å². The van der Waals surface area contributed by atoms with E-state index in [9.17, 15) is 19.5 Å². The largest absolute Gasteiger partial charge is 1.00 e. The maximum absolute atomic E-state index is 12.8. The van der Waals surface area contributed by atoms with Crippen molar-refractivity contribution in [1.29, 1.82) is 0 Å². The molecule has 1 saturated heterocycles. The van der Waals surface area contributed by atoms with E-state index >= 15 is 0 Å². The van der Waals surface area contributed by atoms with Crippen molar-refractivity contribution >= 4 is 74.8 Å². The molecule has 0 spiro atoms. The third kappa shape index (κ3) is 5.42. The fourth-order valence-corrected chi connectivity index (χ4v) is 7.02. The van der Waals surface area contributed by atoms with E-state index in [0.29, 0.717) is 21.4 Å². The molecule has 0 radical (unpaired) electrons. The number of nitrogens with two attached hydrogens (primary N) is 1. The van der Waals surface area contributed by atoms with E-state index in [1.165, 1.54) is 47.4 Å². The summed E-state index contributed by atoms with van der Waals surface area (Å²) in [7, 11) is 1.27. The summed E-state index contributed by atoms with van der Waals surface area (Å²) in [6.45, 7) is 1.83. The van der Waals surface area contributed by atoms with Gasteiger partial charge in [-0.3, -0.25) is 14.5 Å². The number of hydrogen-bond donors (Lipinski definition) is 2. The predicted molar refractivity (Wildman–Crippen MR) is 122 cm³/mol. The maximum atomic E-state index is 12.8. The molecule has 4 rings (SSSR count). The standard InChI is InChI=1S/C17H17N7O5S4.Na/c1-6-21-22-17(33-6)32-4-7-3-30-14-10(13(26)24(14)11(7)15(27)28)20-12(25)9(23-29-2)8-5-31-16(18)19-8;/h5,10,14H,3-4H2,1-2H3,(H2,18,19)(H,20,25)(H,27,28);/q;+1/p-1/b23-9-;/t10?,14-;/m1./s1. The number of aromatic nitrogens is 3. The first kappa shape index (κ1) is 26.9. The fourth-order valence-electron chi connectivity index (χ4n) is 3.17. The smallest absolute Gasteiger partial charge is 0.543 e. The Kier molecular flexibility index (Phi) is 8.99. The van der Waals surface area contributed by atoms with Gasteiger partial charge >= 0.3 is 29.6 Å². The number of carbonyl (C=O) groups is 3. The summed E-state index contributed by atoms with van der Waals surface area (Å²) in [5.41, 5.74) is 6.07. The molecular weight excluding hydrogens is 533 g/mol. The van der Waals surface area contributed by atoms with E-state index in [0.717, 1.165) is 21.2 Å². The third-order valence-electron chi connectivity index (χ3n) is 4.57. The van der Waals surface area contributed by atoms with Crippen molar-refractivity contribution in [1.82, 2.24) is 25.4 Å². The van der Waals surface area contributed by atoms with E-state index in [4.69, 9.17) is 10.6 Å². The summed E-state index contributed by atoms with van der Waals surface area (Å²) in [4.78, 5) is 47.4. The zero-order chi connectivity index (χ0) is 23.7. The number of carboxylic acids is 1. The number of aliphatic carboxylic acids is 1. The first-order valence-electron chi connectivity index (χ1n) is 9.24. The minimum atomic E-state index is -1.44. The number of oxime groups is 1. The Bertz CT molecular complexity index is 1180. The summed E-state index contributed by atoms with van der Waals surface area (Å²) in [6.07, 6.45) is 0. The Labute approximate surface area is 232 Å². The molecule has 34 heavy (non-hydrogen) atoms. The number of fused-ring (bicyclic) bond motifs is 1. The number of aryl methyl sites for hydroxylation is 1. The summed E-state index contributed by atoms with van der Waals surface area (Å²) in [6, 6.07) is -0.935. The second-order valence-electron chi connectivity index (χ2n) is 6.67. The van der Waals surface area contributed by atoms with Gasteiger partial charge in [-0.15, -0.1) is 33.3 Å². The van der Waals surface area contributed by atoms with Gasteiger partial charge in [0.1, 0.15) is 29.2 Å². The average molecular weight is 550 g/mol. The van der Waals surface area contributed by atoms with Gasteiger partial charge in [-0.05, 0) is 12.5 Å². The Balaban J connectivity index is 0.00000324. The second kappa shape index (κ2) is 11.4. The molecule has 1 unspecified atom stereocenters. The SMILES string of the molecule is CO/N=C(\C(=O)NC1C(=O)N2C(C(=O)[O-])=C(CSc3nnc(C)s3)CS[C@H]12)c1csc(N)n1.[Na+]. The van der Waals surface area contributed by atoms with E-state index in [1.807, 2.05) is 6.92 Å². The van der Waals surface area contributed by atoms with E-state index < -0.39 is 29.2 Å². The van der Waals surface area contributed by atoms with Crippen LogP contribution in [0.2, 0.25) is 0 Å². The number of anilines is 1. The Hall–Kier alpha value is -1.69. The molecule has 2 aromatic heterocycles. The topological polar surface area (TPSA) is 176 Å². The number of thioether (sulfide) groups is 2. The van der Waals surface area contributed by atoms with Crippen LogP contribution in [-0.4, -0.2) is 73.6 Å². The first-order valence-corrected chi connectivity index (χ1v) is 13.0. The van der Waals surface area contributed by atoms with Crippen molar-refractivity contribution in [2.45, 2.75) is 22.7 Å². The van der Waals surface area contributed by atoms with Crippen LogP contribution >= 0.6 is 46.2 Å². The number of carbonyl (C=O) groups excluding carboxylic acids is 3. The van der Waals surface area contributed by atoms with Crippen LogP contribution in [0.1, 0.15) is 10.7 Å². The van der Waals surface area contributed by atoms with Crippen molar-refractivity contribution in [2.75, 3.05) is 24.3 Å². The molecule has 0 aliphatic carbocycles. The first-order chi connectivity index (χ1) is 15.8. The molecule has 12 nitrogen and oxygen atoms in total. The van der Waals surface area contributed by atoms with Crippen molar-refractivity contribution in [3.05, 3.63) is 27.4 Å². The fraction of sp³-hybridized carbons (Fsp3) is 0.353. The number of hydrogen-bond acceptors (Lipinski definition) is 14. The van der Waals surface area contributed by atoms with Crippen LogP contribution in [0.5, 0.6) is 0 Å². The molecule has 2 aromatic rings. The molecular formula is C17H16N7NaO5S4. The number of β-lactam (4-membered cyclic amide) rings is 1. The van der Waals surface area contributed by atoms with Crippen LogP contribution in [0.15, 0.2) is 26.1 Å².